The van der Waals surface area contributed by atoms with E-state index in [1.54, 1.807) is 18.1 Å². The number of rotatable bonds is 0. The molecule has 3 aromatic rings. The van der Waals surface area contributed by atoms with Crippen LogP contribution in [0.5, 0.6) is 0 Å². The summed E-state index contributed by atoms with van der Waals surface area (Å²) in [4.78, 5) is 10.4. The van der Waals surface area contributed by atoms with Crippen LogP contribution in [0, 0.1) is 0 Å². The third-order valence-corrected chi connectivity index (χ3v) is 5.17. The van der Waals surface area contributed by atoms with Gasteiger partial charge in [0.2, 0.25) is 0 Å². The third kappa shape index (κ3) is 3.05. The number of hydrogen-bond acceptors (Lipinski definition) is 2. The molecule has 0 saturated heterocycles. The minimum Gasteiger partial charge on any atom is -0.490 e. The molecule has 3 aromatic carbocycles. The van der Waals surface area contributed by atoms with E-state index in [4.69, 9.17) is 4.74 Å². The molecule has 0 aromatic heterocycles. The van der Waals surface area contributed by atoms with Crippen molar-refractivity contribution in [3.63, 3.8) is 0 Å². The summed E-state index contributed by atoms with van der Waals surface area (Å²) < 4.78 is 4.73. The lowest BCUT2D eigenvalue weighted by Crippen LogP contribution is -2.09. The van der Waals surface area contributed by atoms with E-state index in [1.807, 2.05) is 0 Å². The van der Waals surface area contributed by atoms with Crippen molar-refractivity contribution in [2.75, 3.05) is 0 Å². The molecule has 0 fully saturated rings. The molecule has 25 heavy (non-hydrogen) atoms. The van der Waals surface area contributed by atoms with Gasteiger partial charge in [-0.3, -0.25) is 4.79 Å². The second-order valence-corrected chi connectivity index (χ2v) is 6.78. The first kappa shape index (κ1) is 15.9. The first-order valence-electron chi connectivity index (χ1n) is 9.02. The van der Waals surface area contributed by atoms with E-state index in [-0.39, 0.29) is 11.9 Å². The van der Waals surface area contributed by atoms with Crippen LogP contribution in [0.1, 0.15) is 30.9 Å². The molecule has 2 heteroatoms. The highest BCUT2D eigenvalue weighted by Gasteiger charge is 2.14. The molecule has 0 spiro atoms. The lowest BCUT2D eigenvalue weighted by molar-refractivity contribution is -0.119. The SMILES string of the molecule is CC1OC=CC1=O.c1ccc2c(c1)ccc1c3c(ccc12)CCCC3. The van der Waals surface area contributed by atoms with Gasteiger partial charge in [-0.25, -0.2) is 0 Å². The molecule has 1 unspecified atom stereocenters. The van der Waals surface area contributed by atoms with Gasteiger partial charge in [0.1, 0.15) is 0 Å². The number of carbonyl (C=O) groups excluding carboxylic acids is 1. The van der Waals surface area contributed by atoms with Crippen LogP contribution >= 0.6 is 0 Å². The van der Waals surface area contributed by atoms with Gasteiger partial charge < -0.3 is 4.74 Å². The largest absolute Gasteiger partial charge is 0.490 e. The van der Waals surface area contributed by atoms with Crippen molar-refractivity contribution >= 4 is 27.3 Å². The molecule has 0 N–H and O–H groups in total. The molecule has 0 amide bonds. The van der Waals surface area contributed by atoms with Crippen LogP contribution in [0.3, 0.4) is 0 Å². The highest BCUT2D eigenvalue weighted by atomic mass is 16.5. The summed E-state index contributed by atoms with van der Waals surface area (Å²) >= 11 is 0. The quantitative estimate of drug-likeness (QED) is 0.519. The smallest absolute Gasteiger partial charge is 0.198 e. The van der Waals surface area contributed by atoms with Crippen molar-refractivity contribution in [3.8, 4) is 0 Å². The van der Waals surface area contributed by atoms with Gasteiger partial charge in [0.05, 0.1) is 6.26 Å². The van der Waals surface area contributed by atoms with Gasteiger partial charge in [0, 0.05) is 6.08 Å². The maximum Gasteiger partial charge on any atom is 0.198 e. The average Bonchev–Trinajstić information content (AvgIpc) is 3.04. The predicted molar refractivity (Wildman–Crippen MR) is 103 cm³/mol. The number of fused-ring (bicyclic) bond motifs is 5. The summed E-state index contributed by atoms with van der Waals surface area (Å²) in [5, 5.41) is 5.64. The lowest BCUT2D eigenvalue weighted by Gasteiger charge is -2.18. The van der Waals surface area contributed by atoms with Crippen LogP contribution in [0.15, 0.2) is 60.9 Å². The molecule has 2 aliphatic rings. The summed E-state index contributed by atoms with van der Waals surface area (Å²) in [6.45, 7) is 1.72. The number of ketones is 1. The van der Waals surface area contributed by atoms with E-state index in [9.17, 15) is 4.79 Å². The van der Waals surface area contributed by atoms with E-state index < -0.39 is 0 Å². The third-order valence-electron chi connectivity index (χ3n) is 5.17. The minimum atomic E-state index is -0.236. The van der Waals surface area contributed by atoms with Crippen LogP contribution in [-0.4, -0.2) is 11.9 Å². The van der Waals surface area contributed by atoms with E-state index in [2.05, 4.69) is 48.5 Å². The van der Waals surface area contributed by atoms with Gasteiger partial charge in [-0.2, -0.15) is 0 Å². The molecule has 2 nitrogen and oxygen atoms in total. The zero-order chi connectivity index (χ0) is 17.2. The highest BCUT2D eigenvalue weighted by Crippen LogP contribution is 2.33. The fourth-order valence-corrected chi connectivity index (χ4v) is 3.77. The molecule has 1 atom stereocenters. The predicted octanol–water partition coefficient (Wildman–Crippen LogP) is 5.36. The summed E-state index contributed by atoms with van der Waals surface area (Å²) in [6.07, 6.45) is 7.84. The molecule has 5 rings (SSSR count). The van der Waals surface area contributed by atoms with Crippen LogP contribution in [0.25, 0.3) is 21.5 Å². The zero-order valence-electron chi connectivity index (χ0n) is 14.5. The number of aryl methyl sites for hydroxylation is 2. The van der Waals surface area contributed by atoms with E-state index in [0.29, 0.717) is 0 Å². The molecular weight excluding hydrogens is 308 g/mol. The minimum absolute atomic E-state index is 0.0556. The maximum atomic E-state index is 10.4. The van der Waals surface area contributed by atoms with E-state index in [0.717, 1.165) is 0 Å². The number of benzene rings is 3. The Bertz CT molecular complexity index is 968. The van der Waals surface area contributed by atoms with Crippen LogP contribution < -0.4 is 0 Å². The molecule has 0 radical (unpaired) electrons. The second-order valence-electron chi connectivity index (χ2n) is 6.78. The van der Waals surface area contributed by atoms with Gasteiger partial charge in [0.25, 0.3) is 0 Å². The number of ether oxygens (including phenoxy) is 1. The van der Waals surface area contributed by atoms with Crippen LogP contribution in [-0.2, 0) is 22.4 Å². The molecule has 0 bridgehead atoms. The second kappa shape index (κ2) is 6.72. The molecular formula is C23H22O2. The Balaban J connectivity index is 0.000000190. The molecule has 0 saturated carbocycles. The van der Waals surface area contributed by atoms with Crippen molar-refractivity contribution in [2.24, 2.45) is 0 Å². The number of carbonyl (C=O) groups is 1. The van der Waals surface area contributed by atoms with Gasteiger partial charge >= 0.3 is 0 Å². The van der Waals surface area contributed by atoms with E-state index >= 15 is 0 Å². The first-order chi connectivity index (χ1) is 12.2. The van der Waals surface area contributed by atoms with Gasteiger partial charge in [-0.1, -0.05) is 48.5 Å². The highest BCUT2D eigenvalue weighted by molar-refractivity contribution is 6.08. The molecule has 1 aliphatic carbocycles. The monoisotopic (exact) mass is 330 g/mol. The molecule has 1 aliphatic heterocycles. The van der Waals surface area contributed by atoms with Crippen molar-refractivity contribution in [3.05, 3.63) is 72.0 Å². The first-order valence-corrected chi connectivity index (χ1v) is 9.02. The van der Waals surface area contributed by atoms with Gasteiger partial charge in [-0.15, -0.1) is 0 Å². The Kier molecular flexibility index (Phi) is 4.27. The van der Waals surface area contributed by atoms with Crippen LogP contribution in [0.4, 0.5) is 0 Å². The van der Waals surface area contributed by atoms with E-state index in [1.165, 1.54) is 59.6 Å². The molecule has 126 valence electrons. The summed E-state index contributed by atoms with van der Waals surface area (Å²) in [6, 6.07) is 18.0. The summed E-state index contributed by atoms with van der Waals surface area (Å²) in [5.41, 5.74) is 3.17. The Morgan fingerprint density at radius 3 is 2.44 bits per heavy atom. The maximum absolute atomic E-state index is 10.4. The van der Waals surface area contributed by atoms with Crippen molar-refractivity contribution in [1.82, 2.24) is 0 Å². The fraction of sp³-hybridized carbons (Fsp3) is 0.261. The Morgan fingerprint density at radius 1 is 0.880 bits per heavy atom. The fourth-order valence-electron chi connectivity index (χ4n) is 3.77. The van der Waals surface area contributed by atoms with Crippen molar-refractivity contribution in [1.29, 1.82) is 0 Å². The summed E-state index contributed by atoms with van der Waals surface area (Å²) in [7, 11) is 0. The molecule has 1 heterocycles. The zero-order valence-corrected chi connectivity index (χ0v) is 14.5. The van der Waals surface area contributed by atoms with Gasteiger partial charge in [0.15, 0.2) is 11.9 Å². The Morgan fingerprint density at radius 2 is 1.68 bits per heavy atom. The Hall–Kier alpha value is -2.61. The standard InChI is InChI=1S/C18H16.C5H6O2/c1-3-7-15-13(5-1)9-11-18-16-8-4-2-6-14(16)10-12-17(15)18;1-4-5(6)2-3-7-4/h1,3,5,7,9-12H,2,4,6,8H2;2-4H,1H3. The number of hydrogen-bond donors (Lipinski definition) is 0. The normalized spacial score (nSPS) is 18.6. The van der Waals surface area contributed by atoms with Crippen molar-refractivity contribution < 1.29 is 9.53 Å². The van der Waals surface area contributed by atoms with Crippen molar-refractivity contribution in [2.45, 2.75) is 38.7 Å². The van der Waals surface area contributed by atoms with Gasteiger partial charge in [-0.05, 0) is 65.3 Å². The topological polar surface area (TPSA) is 26.3 Å². The lowest BCUT2D eigenvalue weighted by atomic mass is 9.86. The Labute approximate surface area is 148 Å². The van der Waals surface area contributed by atoms with Crippen LogP contribution in [0.2, 0.25) is 0 Å². The average molecular weight is 330 g/mol. The summed E-state index contributed by atoms with van der Waals surface area (Å²) in [5.74, 6) is 0.0556.